The van der Waals surface area contributed by atoms with E-state index in [1.54, 1.807) is 29.2 Å². The molecule has 0 bridgehead atoms. The lowest BCUT2D eigenvalue weighted by molar-refractivity contribution is -0.192. The quantitative estimate of drug-likeness (QED) is 0.446. The molecule has 0 aliphatic carbocycles. The second kappa shape index (κ2) is 13.0. The SMILES string of the molecule is O=C(O)C(F)(F)F.O=C(c1ccc(Cl)cc1)N1CC(=O)N(CC2CCN(c3ccncc3)CC2)c2ccccc2C1. The maximum Gasteiger partial charge on any atom is 0.490 e. The Morgan fingerprint density at radius 1 is 0.951 bits per heavy atom. The van der Waals surface area contributed by atoms with E-state index in [4.69, 9.17) is 21.5 Å². The molecule has 3 heterocycles. The molecule has 1 aromatic heterocycles. The predicted octanol–water partition coefficient (Wildman–Crippen LogP) is 5.27. The average molecular weight is 589 g/mol. The molecule has 2 aromatic carbocycles. The molecule has 3 aromatic rings. The van der Waals surface area contributed by atoms with Crippen molar-refractivity contribution in [3.63, 3.8) is 0 Å². The van der Waals surface area contributed by atoms with Crippen LogP contribution in [0.5, 0.6) is 0 Å². The fourth-order valence-corrected chi connectivity index (χ4v) is 4.98. The molecule has 0 radical (unpaired) electrons. The van der Waals surface area contributed by atoms with Crippen LogP contribution in [0.25, 0.3) is 0 Å². The Kier molecular flexibility index (Phi) is 9.49. The molecular weight excluding hydrogens is 561 g/mol. The lowest BCUT2D eigenvalue weighted by Crippen LogP contribution is -2.44. The van der Waals surface area contributed by atoms with E-state index in [-0.39, 0.29) is 18.4 Å². The van der Waals surface area contributed by atoms with Gasteiger partial charge in [0.05, 0.1) is 0 Å². The van der Waals surface area contributed by atoms with Crippen LogP contribution < -0.4 is 9.80 Å². The first-order valence-corrected chi connectivity index (χ1v) is 13.3. The van der Waals surface area contributed by atoms with Crippen LogP contribution in [0.4, 0.5) is 24.5 Å². The number of piperidine rings is 1. The number of aliphatic carboxylic acids is 1. The van der Waals surface area contributed by atoms with Crippen LogP contribution in [0.2, 0.25) is 5.02 Å². The Morgan fingerprint density at radius 2 is 1.56 bits per heavy atom. The van der Waals surface area contributed by atoms with Gasteiger partial charge in [-0.25, -0.2) is 4.79 Å². The van der Waals surface area contributed by atoms with Crippen molar-refractivity contribution in [1.82, 2.24) is 9.88 Å². The number of carboxylic acids is 1. The maximum absolute atomic E-state index is 13.4. The molecule has 0 unspecified atom stereocenters. The average Bonchev–Trinajstić information content (AvgIpc) is 3.10. The van der Waals surface area contributed by atoms with Crippen molar-refractivity contribution in [1.29, 1.82) is 0 Å². The van der Waals surface area contributed by atoms with Gasteiger partial charge >= 0.3 is 12.1 Å². The highest BCUT2D eigenvalue weighted by atomic mass is 35.5. The fourth-order valence-electron chi connectivity index (χ4n) is 4.86. The molecule has 2 amide bonds. The molecule has 41 heavy (non-hydrogen) atoms. The zero-order valence-corrected chi connectivity index (χ0v) is 22.7. The third kappa shape index (κ3) is 7.75. The Morgan fingerprint density at radius 3 is 2.17 bits per heavy atom. The number of para-hydroxylation sites is 1. The Balaban J connectivity index is 0.000000493. The third-order valence-electron chi connectivity index (χ3n) is 6.97. The van der Waals surface area contributed by atoms with Crippen molar-refractivity contribution < 1.29 is 32.7 Å². The molecule has 1 fully saturated rings. The minimum Gasteiger partial charge on any atom is -0.475 e. The number of nitrogens with zero attached hydrogens (tertiary/aromatic N) is 4. The van der Waals surface area contributed by atoms with E-state index in [9.17, 15) is 22.8 Å². The predicted molar refractivity (Wildman–Crippen MR) is 148 cm³/mol. The summed E-state index contributed by atoms with van der Waals surface area (Å²) in [4.78, 5) is 45.5. The van der Waals surface area contributed by atoms with Gasteiger partial charge in [-0.2, -0.15) is 13.2 Å². The molecule has 2 aliphatic heterocycles. The number of carboxylic acid groups (broad SMARTS) is 1. The molecule has 0 spiro atoms. The van der Waals surface area contributed by atoms with E-state index in [1.165, 1.54) is 5.69 Å². The number of alkyl halides is 3. The second-order valence-corrected chi connectivity index (χ2v) is 10.2. The van der Waals surface area contributed by atoms with Crippen molar-refractivity contribution in [3.8, 4) is 0 Å². The smallest absolute Gasteiger partial charge is 0.475 e. The van der Waals surface area contributed by atoms with Crippen molar-refractivity contribution in [2.45, 2.75) is 25.6 Å². The van der Waals surface area contributed by atoms with Gasteiger partial charge in [0.2, 0.25) is 5.91 Å². The van der Waals surface area contributed by atoms with E-state index >= 15 is 0 Å². The van der Waals surface area contributed by atoms with Gasteiger partial charge in [-0.3, -0.25) is 14.6 Å². The third-order valence-corrected chi connectivity index (χ3v) is 7.23. The lowest BCUT2D eigenvalue weighted by atomic mass is 9.95. The molecule has 216 valence electrons. The standard InChI is InChI=1S/C27H27ClN4O2.C2HF3O2/c28-23-7-5-21(6-8-23)27(34)31-18-22-3-1-2-4-25(22)32(26(33)19-31)17-20-11-15-30(16-12-20)24-9-13-29-14-10-24;3-2(4,5)1(6)7/h1-10,13-14,20H,11-12,15-19H2;(H,6,7). The van der Waals surface area contributed by atoms with Crippen LogP contribution in [-0.4, -0.2) is 65.1 Å². The van der Waals surface area contributed by atoms with Gasteiger partial charge in [0, 0.05) is 60.5 Å². The number of fused-ring (bicyclic) bond motifs is 1. The molecule has 0 atom stereocenters. The van der Waals surface area contributed by atoms with Crippen LogP contribution in [0.3, 0.4) is 0 Å². The van der Waals surface area contributed by atoms with Gasteiger partial charge in [0.1, 0.15) is 6.54 Å². The summed E-state index contributed by atoms with van der Waals surface area (Å²) in [5.74, 6) is -2.54. The van der Waals surface area contributed by atoms with E-state index in [0.29, 0.717) is 29.6 Å². The first kappa shape index (κ1) is 29.9. The first-order valence-electron chi connectivity index (χ1n) is 12.9. The number of hydrogen-bond donors (Lipinski definition) is 1. The van der Waals surface area contributed by atoms with E-state index < -0.39 is 12.1 Å². The van der Waals surface area contributed by atoms with Crippen LogP contribution in [0, 0.1) is 5.92 Å². The van der Waals surface area contributed by atoms with Crippen LogP contribution >= 0.6 is 11.6 Å². The van der Waals surface area contributed by atoms with Crippen molar-refractivity contribution in [2.24, 2.45) is 5.92 Å². The summed E-state index contributed by atoms with van der Waals surface area (Å²) < 4.78 is 31.7. The highest BCUT2D eigenvalue weighted by Crippen LogP contribution is 2.30. The number of halogens is 4. The summed E-state index contributed by atoms with van der Waals surface area (Å²) in [5, 5.41) is 7.70. The number of benzene rings is 2. The molecule has 2 aliphatic rings. The number of amides is 2. The summed E-state index contributed by atoms with van der Waals surface area (Å²) in [6.07, 6.45) is 0.597. The van der Waals surface area contributed by atoms with E-state index in [2.05, 4.69) is 9.88 Å². The number of anilines is 2. The number of rotatable bonds is 4. The molecule has 0 saturated carbocycles. The van der Waals surface area contributed by atoms with Gasteiger partial charge < -0.3 is 19.8 Å². The summed E-state index contributed by atoms with van der Waals surface area (Å²) in [5.41, 5.74) is 3.63. The fraction of sp³-hybridized carbons (Fsp3) is 0.310. The topological polar surface area (TPSA) is 94.0 Å². The Bertz CT molecular complexity index is 1360. The van der Waals surface area contributed by atoms with Gasteiger partial charge in [-0.1, -0.05) is 29.8 Å². The molecule has 5 rings (SSSR count). The summed E-state index contributed by atoms with van der Waals surface area (Å²) in [6.45, 7) is 3.05. The number of hydrogen-bond acceptors (Lipinski definition) is 5. The normalized spacial score (nSPS) is 15.9. The lowest BCUT2D eigenvalue weighted by Gasteiger charge is -2.36. The Labute approximate surface area is 239 Å². The van der Waals surface area contributed by atoms with Gasteiger partial charge in [0.25, 0.3) is 5.91 Å². The second-order valence-electron chi connectivity index (χ2n) is 9.74. The van der Waals surface area contributed by atoms with Crippen LogP contribution in [-0.2, 0) is 16.1 Å². The minimum atomic E-state index is -5.08. The van der Waals surface area contributed by atoms with Crippen molar-refractivity contribution in [3.05, 3.63) is 89.2 Å². The van der Waals surface area contributed by atoms with Crippen LogP contribution in [0.1, 0.15) is 28.8 Å². The van der Waals surface area contributed by atoms with E-state index in [0.717, 1.165) is 37.2 Å². The maximum atomic E-state index is 13.4. The van der Waals surface area contributed by atoms with Crippen molar-refractivity contribution in [2.75, 3.05) is 36.0 Å². The van der Waals surface area contributed by atoms with E-state index in [1.807, 2.05) is 53.7 Å². The zero-order valence-electron chi connectivity index (χ0n) is 21.9. The summed E-state index contributed by atoms with van der Waals surface area (Å²) >= 11 is 5.98. The number of carbonyl (C=O) groups is 3. The molecule has 1 saturated heterocycles. The number of carbonyl (C=O) groups excluding carboxylic acids is 2. The molecular formula is C29H28ClF3N4O4. The molecule has 1 N–H and O–H groups in total. The first-order chi connectivity index (χ1) is 19.5. The number of pyridine rings is 1. The van der Waals surface area contributed by atoms with Crippen LogP contribution in [0.15, 0.2) is 73.1 Å². The van der Waals surface area contributed by atoms with Gasteiger partial charge in [0.15, 0.2) is 0 Å². The summed E-state index contributed by atoms with van der Waals surface area (Å²) in [7, 11) is 0. The molecule has 12 heteroatoms. The Hall–Kier alpha value is -4.12. The molecule has 8 nitrogen and oxygen atoms in total. The highest BCUT2D eigenvalue weighted by Gasteiger charge is 2.38. The van der Waals surface area contributed by atoms with Crippen molar-refractivity contribution >= 4 is 40.8 Å². The zero-order chi connectivity index (χ0) is 29.6. The number of aromatic nitrogens is 1. The largest absolute Gasteiger partial charge is 0.490 e. The monoisotopic (exact) mass is 588 g/mol. The minimum absolute atomic E-state index is 0.0381. The van der Waals surface area contributed by atoms with Gasteiger partial charge in [-0.15, -0.1) is 0 Å². The van der Waals surface area contributed by atoms with Gasteiger partial charge in [-0.05, 0) is 66.8 Å². The highest BCUT2D eigenvalue weighted by molar-refractivity contribution is 6.30. The summed E-state index contributed by atoms with van der Waals surface area (Å²) in [6, 6.07) is 18.8.